The largest absolute Gasteiger partial charge is 0.466 e. The van der Waals surface area contributed by atoms with Crippen molar-refractivity contribution in [3.05, 3.63) is 29.1 Å². The number of nitrogen functional groups attached to an aromatic ring is 1. The molecular weight excluding hydrogens is 204 g/mol. The summed E-state index contributed by atoms with van der Waals surface area (Å²) >= 11 is 5.65. The number of hydrogen-bond acceptors (Lipinski definition) is 4. The van der Waals surface area contributed by atoms with Gasteiger partial charge in [0.15, 0.2) is 0 Å². The molecule has 1 heterocycles. The normalized spacial score (nSPS) is 10.4. The first kappa shape index (κ1) is 10.5. The average Bonchev–Trinajstić information content (AvgIpc) is 2.19. The fourth-order valence-corrected chi connectivity index (χ4v) is 0.963. The van der Waals surface area contributed by atoms with Crippen molar-refractivity contribution in [3.8, 4) is 0 Å². The minimum Gasteiger partial charge on any atom is -0.466 e. The van der Waals surface area contributed by atoms with Gasteiger partial charge < -0.3 is 10.5 Å². The van der Waals surface area contributed by atoms with Crippen molar-refractivity contribution < 1.29 is 9.53 Å². The number of hydrogen-bond donors (Lipinski definition) is 1. The van der Waals surface area contributed by atoms with Gasteiger partial charge in [0.05, 0.1) is 18.5 Å². The number of halogens is 1. The molecule has 0 saturated heterocycles. The van der Waals surface area contributed by atoms with Gasteiger partial charge >= 0.3 is 5.97 Å². The molecule has 0 aliphatic rings. The molecule has 14 heavy (non-hydrogen) atoms. The predicted molar refractivity (Wildman–Crippen MR) is 54.7 cm³/mol. The summed E-state index contributed by atoms with van der Waals surface area (Å²) in [5.41, 5.74) is 6.49. The summed E-state index contributed by atoms with van der Waals surface area (Å²) in [5.74, 6) is -0.467. The van der Waals surface area contributed by atoms with E-state index in [0.29, 0.717) is 16.5 Å². The molecule has 0 fully saturated rings. The summed E-state index contributed by atoms with van der Waals surface area (Å²) in [7, 11) is 1.29. The Morgan fingerprint density at radius 3 is 3.00 bits per heavy atom. The van der Waals surface area contributed by atoms with Crippen LogP contribution in [0.2, 0.25) is 5.15 Å². The molecule has 1 aromatic heterocycles. The third-order valence-electron chi connectivity index (χ3n) is 1.50. The number of esters is 1. The molecule has 4 nitrogen and oxygen atoms in total. The van der Waals surface area contributed by atoms with Crippen LogP contribution in [-0.2, 0) is 9.53 Å². The summed E-state index contributed by atoms with van der Waals surface area (Å²) in [6.07, 6.45) is 2.68. The number of nitrogens with two attached hydrogens (primary N) is 1. The summed E-state index contributed by atoms with van der Waals surface area (Å²) < 4.78 is 4.41. The maximum Gasteiger partial charge on any atom is 0.330 e. The van der Waals surface area contributed by atoms with Gasteiger partial charge in [0, 0.05) is 6.08 Å². The lowest BCUT2D eigenvalue weighted by Crippen LogP contribution is -1.96. The number of methoxy groups -OCH3 is 1. The van der Waals surface area contributed by atoms with Crippen LogP contribution in [0.15, 0.2) is 18.2 Å². The second-order valence-corrected chi connectivity index (χ2v) is 2.85. The molecule has 0 unspecified atom stereocenters. The van der Waals surface area contributed by atoms with Crippen molar-refractivity contribution >= 4 is 29.3 Å². The molecule has 0 radical (unpaired) electrons. The number of pyridine rings is 1. The third-order valence-corrected chi connectivity index (χ3v) is 1.71. The van der Waals surface area contributed by atoms with Gasteiger partial charge in [0.1, 0.15) is 5.15 Å². The average molecular weight is 213 g/mol. The maximum absolute atomic E-state index is 10.8. The van der Waals surface area contributed by atoms with Gasteiger partial charge in [0.2, 0.25) is 0 Å². The standard InChI is InChI=1S/C9H9ClN2O2/c1-14-9(13)5-3-7-6(11)2-4-8(10)12-7/h2-5H,11H2,1H3. The lowest BCUT2D eigenvalue weighted by atomic mass is 10.3. The SMILES string of the molecule is COC(=O)C=Cc1nc(Cl)ccc1N. The highest BCUT2D eigenvalue weighted by Crippen LogP contribution is 2.14. The van der Waals surface area contributed by atoms with Gasteiger partial charge in [-0.3, -0.25) is 0 Å². The highest BCUT2D eigenvalue weighted by molar-refractivity contribution is 6.29. The van der Waals surface area contributed by atoms with Gasteiger partial charge in [-0.2, -0.15) is 0 Å². The van der Waals surface area contributed by atoms with Gasteiger partial charge in [-0.05, 0) is 18.2 Å². The first-order valence-electron chi connectivity index (χ1n) is 3.81. The van der Waals surface area contributed by atoms with Crippen molar-refractivity contribution in [1.82, 2.24) is 4.98 Å². The zero-order valence-electron chi connectivity index (χ0n) is 7.53. The molecule has 0 aliphatic heterocycles. The summed E-state index contributed by atoms with van der Waals surface area (Å²) in [5, 5.41) is 0.323. The molecule has 0 saturated carbocycles. The van der Waals surface area contributed by atoms with Crippen molar-refractivity contribution in [2.75, 3.05) is 12.8 Å². The minimum atomic E-state index is -0.467. The Kier molecular flexibility index (Phi) is 3.48. The zero-order valence-corrected chi connectivity index (χ0v) is 8.28. The smallest absolute Gasteiger partial charge is 0.330 e. The van der Waals surface area contributed by atoms with Crippen molar-refractivity contribution in [2.24, 2.45) is 0 Å². The second-order valence-electron chi connectivity index (χ2n) is 2.46. The highest BCUT2D eigenvalue weighted by atomic mass is 35.5. The van der Waals surface area contributed by atoms with E-state index in [9.17, 15) is 4.79 Å². The Labute approximate surface area is 86.3 Å². The van der Waals surface area contributed by atoms with Crippen LogP contribution >= 0.6 is 11.6 Å². The van der Waals surface area contributed by atoms with Crippen LogP contribution in [0.3, 0.4) is 0 Å². The highest BCUT2D eigenvalue weighted by Gasteiger charge is 1.99. The summed E-state index contributed by atoms with van der Waals surface area (Å²) in [6.45, 7) is 0. The van der Waals surface area contributed by atoms with Crippen LogP contribution in [0.1, 0.15) is 5.69 Å². The van der Waals surface area contributed by atoms with E-state index >= 15 is 0 Å². The Hall–Kier alpha value is -1.55. The Morgan fingerprint density at radius 1 is 1.64 bits per heavy atom. The Bertz CT molecular complexity index is 377. The van der Waals surface area contributed by atoms with Crippen LogP contribution in [0, 0.1) is 0 Å². The fraction of sp³-hybridized carbons (Fsp3) is 0.111. The lowest BCUT2D eigenvalue weighted by molar-refractivity contribution is -0.134. The Balaban J connectivity index is 2.90. The first-order chi connectivity index (χ1) is 6.63. The van der Waals surface area contributed by atoms with E-state index in [0.717, 1.165) is 0 Å². The summed E-state index contributed by atoms with van der Waals surface area (Å²) in [4.78, 5) is 14.7. The van der Waals surface area contributed by atoms with Crippen molar-refractivity contribution in [2.45, 2.75) is 0 Å². The van der Waals surface area contributed by atoms with Crippen molar-refractivity contribution in [1.29, 1.82) is 0 Å². The van der Waals surface area contributed by atoms with Crippen LogP contribution in [-0.4, -0.2) is 18.1 Å². The van der Waals surface area contributed by atoms with Crippen molar-refractivity contribution in [3.63, 3.8) is 0 Å². The number of ether oxygens (including phenoxy) is 1. The van der Waals surface area contributed by atoms with E-state index in [-0.39, 0.29) is 0 Å². The molecule has 2 N–H and O–H groups in total. The number of rotatable bonds is 2. The molecule has 0 aromatic carbocycles. The molecule has 1 aromatic rings. The van der Waals surface area contributed by atoms with E-state index in [1.165, 1.54) is 19.3 Å². The molecule has 5 heteroatoms. The van der Waals surface area contributed by atoms with E-state index in [1.54, 1.807) is 12.1 Å². The zero-order chi connectivity index (χ0) is 10.6. The monoisotopic (exact) mass is 212 g/mol. The molecule has 0 amide bonds. The third kappa shape index (κ3) is 2.74. The van der Waals surface area contributed by atoms with Gasteiger partial charge in [-0.25, -0.2) is 9.78 Å². The van der Waals surface area contributed by atoms with E-state index in [2.05, 4.69) is 9.72 Å². The lowest BCUT2D eigenvalue weighted by Gasteiger charge is -1.98. The number of nitrogens with zero attached hydrogens (tertiary/aromatic N) is 1. The Morgan fingerprint density at radius 2 is 2.36 bits per heavy atom. The van der Waals surface area contributed by atoms with Crippen LogP contribution in [0.25, 0.3) is 6.08 Å². The minimum absolute atomic E-state index is 0.323. The molecule has 0 spiro atoms. The second kappa shape index (κ2) is 4.62. The number of carbonyl (C=O) groups excluding carboxylic acids is 1. The van der Waals surface area contributed by atoms with Gasteiger partial charge in [-0.15, -0.1) is 0 Å². The molecular formula is C9H9ClN2O2. The van der Waals surface area contributed by atoms with Crippen LogP contribution in [0.5, 0.6) is 0 Å². The van der Waals surface area contributed by atoms with Gasteiger partial charge in [0.25, 0.3) is 0 Å². The van der Waals surface area contributed by atoms with E-state index < -0.39 is 5.97 Å². The quantitative estimate of drug-likeness (QED) is 0.459. The number of anilines is 1. The van der Waals surface area contributed by atoms with E-state index in [4.69, 9.17) is 17.3 Å². The molecule has 0 aliphatic carbocycles. The van der Waals surface area contributed by atoms with Gasteiger partial charge in [-0.1, -0.05) is 11.6 Å². The fourth-order valence-electron chi connectivity index (χ4n) is 0.809. The molecule has 74 valence electrons. The first-order valence-corrected chi connectivity index (χ1v) is 4.19. The van der Waals surface area contributed by atoms with Crippen LogP contribution in [0.4, 0.5) is 5.69 Å². The number of aromatic nitrogens is 1. The molecule has 0 bridgehead atoms. The van der Waals surface area contributed by atoms with E-state index in [1.807, 2.05) is 0 Å². The number of carbonyl (C=O) groups is 1. The topological polar surface area (TPSA) is 65.2 Å². The van der Waals surface area contributed by atoms with Crippen LogP contribution < -0.4 is 5.73 Å². The predicted octanol–water partition coefficient (Wildman–Crippen LogP) is 1.50. The molecule has 1 rings (SSSR count). The maximum atomic E-state index is 10.8. The molecule has 0 atom stereocenters. The summed E-state index contributed by atoms with van der Waals surface area (Å²) in [6, 6.07) is 3.19.